The van der Waals surface area contributed by atoms with E-state index in [1.54, 1.807) is 53.2 Å². The van der Waals surface area contributed by atoms with Gasteiger partial charge in [0.25, 0.3) is 5.56 Å². The maximum absolute atomic E-state index is 12.5. The Balaban J connectivity index is 0.000000291. The van der Waals surface area contributed by atoms with Crippen molar-refractivity contribution in [1.29, 1.82) is 0 Å². The van der Waals surface area contributed by atoms with E-state index in [-0.39, 0.29) is 81.8 Å². The quantitative estimate of drug-likeness (QED) is 0.00685. The van der Waals surface area contributed by atoms with Gasteiger partial charge in [-0.1, -0.05) is 158 Å². The van der Waals surface area contributed by atoms with Crippen LogP contribution in [0.4, 0.5) is 0 Å². The third kappa shape index (κ3) is 26.9. The molecule has 0 fully saturated rings. The zero-order valence-corrected chi connectivity index (χ0v) is 72.4. The second-order valence-electron chi connectivity index (χ2n) is 31.1. The standard InChI is InChI=1S/C43H51N7O6.C26H44N4O2.C15H17N3O3.C5H8O2.Ni/c1-8-11-20-53-29-14-17-32(35(51)23-29)38-44-39(46-40(45-38)34-19-16-31(54-21-12-9-2)25-37(34)55-22-13-10-3)33-18-15-30(24-36(33)52)56-26-43(6,7)42-48-47-41-27(4)28(5)49-50(41)42;1-6-7-8-9-10-11-12-13-14-15-16-17-18-19-23(31)32-20-26(4,5)25-28-27-24-21(2)22(3)29-30(24)25;1-7(2)13-9(4)14-16-10(5)12(11(20)6-8(3)19)15(21)18(14)17-13;1-4(6)3-5(2)7;/h14-19,23-25,51-52H,4,8-13,20-22,26H2,1-3,5-7H3;2,6-20H2,1,3-5H3;6-7,19H,4H2,1-3,5H3;3,6H,1-2H3;/p+3. The third-order valence-corrected chi connectivity index (χ3v) is 19.2. The van der Waals surface area contributed by atoms with Gasteiger partial charge in [-0.15, -0.1) is 20.4 Å². The van der Waals surface area contributed by atoms with Crippen molar-refractivity contribution < 1.29 is 75.0 Å². The van der Waals surface area contributed by atoms with E-state index in [1.807, 2.05) is 73.6 Å². The minimum absolute atomic E-state index is 0. The van der Waals surface area contributed by atoms with Crippen molar-refractivity contribution in [2.24, 2.45) is 0 Å². The van der Waals surface area contributed by atoms with Gasteiger partial charge in [0.15, 0.2) is 46.1 Å². The normalized spacial score (nSPS) is 11.7. The Morgan fingerprint density at radius 3 is 1.37 bits per heavy atom. The van der Waals surface area contributed by atoms with Crippen molar-refractivity contribution in [2.75, 3.05) is 33.0 Å². The Kier molecular flexibility index (Phi) is 37.1. The number of hydrogen-bond donors (Lipinski definition) is 2. The molecule has 0 radical (unpaired) electrons. The van der Waals surface area contributed by atoms with Gasteiger partial charge in [-0.05, 0) is 116 Å². The van der Waals surface area contributed by atoms with Crippen molar-refractivity contribution in [3.8, 4) is 68.7 Å². The molecule has 117 heavy (non-hydrogen) atoms. The van der Waals surface area contributed by atoms with Crippen LogP contribution in [0.1, 0.15) is 269 Å². The number of fused-ring (bicyclic) bond motifs is 3. The number of allylic oxidation sites excluding steroid dienone is 4. The molecule has 0 spiro atoms. The number of ketones is 2. The molecule has 28 heteroatoms. The van der Waals surface area contributed by atoms with Crippen LogP contribution in [0.25, 0.3) is 70.8 Å². The summed E-state index contributed by atoms with van der Waals surface area (Å²) in [4.78, 5) is 64.0. The largest absolute Gasteiger partial charge is 0.597 e. The van der Waals surface area contributed by atoms with Crippen LogP contribution >= 0.6 is 0 Å². The number of carbonyl (C=O) groups excluding carboxylic acids is 3. The number of esters is 1. The number of hydrogen-bond acceptors (Lipinski definition) is 21. The molecule has 10 aromatic rings. The number of aromatic nitrogens is 14. The van der Waals surface area contributed by atoms with Crippen LogP contribution in [-0.4, -0.2) is 145 Å². The zero-order chi connectivity index (χ0) is 85.0. The maximum atomic E-state index is 12.5. The van der Waals surface area contributed by atoms with Crippen LogP contribution < -0.4 is 40.2 Å². The van der Waals surface area contributed by atoms with Gasteiger partial charge in [-0.2, -0.15) is 28.8 Å². The Morgan fingerprint density at radius 1 is 0.513 bits per heavy atom. The molecule has 27 nitrogen and oxygen atoms in total. The van der Waals surface area contributed by atoms with E-state index in [2.05, 4.69) is 88.1 Å². The van der Waals surface area contributed by atoms with E-state index in [0.717, 1.165) is 83.8 Å². The number of aromatic hydroxyl groups is 2. The average Bonchev–Trinajstić information content (AvgIpc) is 1.73. The van der Waals surface area contributed by atoms with Crippen LogP contribution in [0.15, 0.2) is 83.1 Å². The first-order valence-corrected chi connectivity index (χ1v) is 40.7. The Morgan fingerprint density at radius 2 is 0.932 bits per heavy atom. The van der Waals surface area contributed by atoms with Crippen molar-refractivity contribution >= 4 is 54.2 Å². The molecule has 7 N–H and O–H groups in total. The van der Waals surface area contributed by atoms with Gasteiger partial charge < -0.3 is 44.1 Å². The Labute approximate surface area is 696 Å². The molecule has 634 valence electrons. The van der Waals surface area contributed by atoms with E-state index >= 15 is 0 Å². The number of carbonyl (C=O) groups is 2. The summed E-state index contributed by atoms with van der Waals surface area (Å²) in [7, 11) is 0. The van der Waals surface area contributed by atoms with E-state index < -0.39 is 22.2 Å². The molecular formula is C89H123N14NiO13+3. The number of phenols is 2. The molecule has 10 rings (SSSR count). The molecule has 0 atom stereocenters. The number of rotatable bonds is 40. The molecular weight excluding hydrogens is 1530 g/mol. The van der Waals surface area contributed by atoms with Crippen molar-refractivity contribution in [1.82, 2.24) is 69.2 Å². The Bertz CT molecular complexity index is 5220. The van der Waals surface area contributed by atoms with Crippen molar-refractivity contribution in [3.05, 3.63) is 144 Å². The second-order valence-corrected chi connectivity index (χ2v) is 31.1. The van der Waals surface area contributed by atoms with Gasteiger partial charge in [0, 0.05) is 70.6 Å². The molecule has 0 aliphatic rings. The average molecular weight is 1660 g/mol. The van der Waals surface area contributed by atoms with Gasteiger partial charge in [-0.25, -0.2) is 19.9 Å². The van der Waals surface area contributed by atoms with E-state index in [0.29, 0.717) is 123 Å². The first-order chi connectivity index (χ1) is 55.2. The van der Waals surface area contributed by atoms with Crippen LogP contribution in [-0.2, 0) is 36.9 Å². The van der Waals surface area contributed by atoms with Crippen molar-refractivity contribution in [3.63, 3.8) is 0 Å². The van der Waals surface area contributed by atoms with Crippen LogP contribution in [0.5, 0.6) is 34.5 Å². The van der Waals surface area contributed by atoms with Gasteiger partial charge in [-0.3, -0.25) is 19.2 Å². The zero-order valence-electron chi connectivity index (χ0n) is 71.4. The van der Waals surface area contributed by atoms with E-state index in [4.69, 9.17) is 53.6 Å². The van der Waals surface area contributed by atoms with Gasteiger partial charge in [0.2, 0.25) is 17.3 Å². The van der Waals surface area contributed by atoms with Gasteiger partial charge in [0.1, 0.15) is 59.4 Å². The van der Waals surface area contributed by atoms with Crippen molar-refractivity contribution in [2.45, 2.75) is 256 Å². The minimum atomic E-state index is -0.585. The SMILES string of the molecule is C=c1c(C(C)C)nn2c(=O)c(C(=O)C=C(C)[OH2+])c(C)nc12.C=c1c(C)nn2c(C(C)(C)COC(=O)CCCCCCCCCCCCCCC)nnc12.C=c1c(C)nn2c(C(C)(C)COc3ccc(-c4nc(-c5ccc(OCCCC)cc5O)nc(-c5ccc(OCCCC)cc5OCCCC)n4)c(O)c3)nnc12.CC(=[OH+])C=C(C)[OH2+].[Ni]. The molecule has 7 aromatic heterocycles. The summed E-state index contributed by atoms with van der Waals surface area (Å²) in [6.07, 6.45) is 25.5. The Hall–Kier alpha value is -10.8. The van der Waals surface area contributed by atoms with Crippen LogP contribution in [0.3, 0.4) is 0 Å². The molecule has 3 aromatic carbocycles. The summed E-state index contributed by atoms with van der Waals surface area (Å²) >= 11 is 0. The number of ether oxygens (including phenoxy) is 5. The number of unbranched alkanes of at least 4 members (excludes halogenated alkanes) is 15. The van der Waals surface area contributed by atoms with Crippen LogP contribution in [0, 0.1) is 20.8 Å². The molecule has 0 unspecified atom stereocenters. The number of aryl methyl sites for hydroxylation is 3. The molecule has 0 amide bonds. The summed E-state index contributed by atoms with van der Waals surface area (Å²) in [6, 6.07) is 15.6. The molecule has 7 heterocycles. The van der Waals surface area contributed by atoms with Gasteiger partial charge >= 0.3 is 11.8 Å². The topological polar surface area (TPSA) is 360 Å². The number of nitrogens with zero attached hydrogens (tertiary/aromatic N) is 14. The first-order valence-electron chi connectivity index (χ1n) is 40.7. The maximum Gasteiger partial charge on any atom is 0.322 e. The molecule has 0 saturated heterocycles. The monoisotopic (exact) mass is 1650 g/mol. The van der Waals surface area contributed by atoms with Crippen LogP contribution in [0.2, 0.25) is 0 Å². The molecule has 0 saturated carbocycles. The summed E-state index contributed by atoms with van der Waals surface area (Å²) in [5.41, 5.74) is 4.01. The fraction of sp³-hybridized carbons (Fsp3) is 0.494. The smallest absolute Gasteiger partial charge is 0.322 e. The predicted octanol–water partition coefficient (Wildman–Crippen LogP) is 14.6. The molecule has 0 aliphatic carbocycles. The number of phenolic OH excluding ortho intramolecular Hbond substituents is 2. The van der Waals surface area contributed by atoms with Gasteiger partial charge in [0.05, 0.1) is 83.1 Å². The summed E-state index contributed by atoms with van der Waals surface area (Å²) in [6.45, 7) is 44.5. The molecule has 0 aliphatic heterocycles. The molecule has 0 bridgehead atoms. The fourth-order valence-electron chi connectivity index (χ4n) is 12.5. The first kappa shape index (κ1) is 95.1. The minimum Gasteiger partial charge on any atom is -0.597 e. The summed E-state index contributed by atoms with van der Waals surface area (Å²) in [5, 5.41) is 69.3. The van der Waals surface area contributed by atoms with E-state index in [9.17, 15) is 24.6 Å². The second kappa shape index (κ2) is 45.7. The van der Waals surface area contributed by atoms with E-state index in [1.165, 1.54) is 96.6 Å². The fourth-order valence-corrected chi connectivity index (χ4v) is 12.5. The summed E-state index contributed by atoms with van der Waals surface area (Å²) in [5.74, 6) is 4.15. The predicted molar refractivity (Wildman–Crippen MR) is 457 cm³/mol. The third-order valence-electron chi connectivity index (χ3n) is 19.2. The number of benzene rings is 3. The summed E-state index contributed by atoms with van der Waals surface area (Å²) < 4.78 is 34.4.